The third-order valence-electron chi connectivity index (χ3n) is 4.06. The molecule has 0 saturated heterocycles. The van der Waals surface area contributed by atoms with Crippen LogP contribution in [-0.2, 0) is 6.42 Å². The third kappa shape index (κ3) is 3.80. The summed E-state index contributed by atoms with van der Waals surface area (Å²) in [6.07, 6.45) is 1.95. The number of hydrogen-bond acceptors (Lipinski definition) is 2. The Morgan fingerprint density at radius 1 is 0.885 bits per heavy atom. The van der Waals surface area contributed by atoms with Crippen LogP contribution in [0, 0.1) is 11.6 Å². The lowest BCUT2D eigenvalue weighted by atomic mass is 10.0. The molecule has 0 aliphatic carbocycles. The van der Waals surface area contributed by atoms with Crippen molar-refractivity contribution >= 4 is 5.97 Å². The monoisotopic (exact) mass is 352 g/mol. The first-order chi connectivity index (χ1) is 12.6. The molecule has 0 aromatic heterocycles. The number of rotatable bonds is 5. The summed E-state index contributed by atoms with van der Waals surface area (Å²) in [5.74, 6) is -3.38. The van der Waals surface area contributed by atoms with Gasteiger partial charge in [-0.25, -0.2) is 9.18 Å². The molecule has 26 heavy (non-hydrogen) atoms. The number of esters is 1. The van der Waals surface area contributed by atoms with E-state index >= 15 is 0 Å². The Kier molecular flexibility index (Phi) is 5.42. The van der Waals surface area contributed by atoms with Gasteiger partial charge in [0, 0.05) is 5.56 Å². The van der Waals surface area contributed by atoms with E-state index in [1.807, 2.05) is 12.1 Å². The van der Waals surface area contributed by atoms with Crippen LogP contribution in [0.15, 0.2) is 66.7 Å². The molecule has 132 valence electrons. The van der Waals surface area contributed by atoms with Gasteiger partial charge in [0.1, 0.15) is 0 Å². The Bertz CT molecular complexity index is 903. The van der Waals surface area contributed by atoms with E-state index in [9.17, 15) is 13.6 Å². The van der Waals surface area contributed by atoms with Gasteiger partial charge in [0.2, 0.25) is 5.82 Å². The van der Waals surface area contributed by atoms with Gasteiger partial charge in [-0.15, -0.1) is 0 Å². The van der Waals surface area contributed by atoms with E-state index in [-0.39, 0.29) is 11.1 Å². The second kappa shape index (κ2) is 7.91. The molecule has 0 N–H and O–H groups in total. The highest BCUT2D eigenvalue weighted by atomic mass is 19.2. The lowest BCUT2D eigenvalue weighted by molar-refractivity contribution is 0.0727. The summed E-state index contributed by atoms with van der Waals surface area (Å²) < 4.78 is 33.9. The zero-order valence-corrected chi connectivity index (χ0v) is 14.3. The molecule has 2 nitrogen and oxygen atoms in total. The van der Waals surface area contributed by atoms with Crippen LogP contribution in [0.25, 0.3) is 11.1 Å². The highest BCUT2D eigenvalue weighted by Gasteiger charge is 2.18. The van der Waals surface area contributed by atoms with Crippen molar-refractivity contribution in [3.05, 3.63) is 89.5 Å². The molecule has 0 unspecified atom stereocenters. The Labute approximate surface area is 151 Å². The number of benzene rings is 3. The number of carbonyl (C=O) groups is 1. The fourth-order valence-corrected chi connectivity index (χ4v) is 2.71. The zero-order valence-electron chi connectivity index (χ0n) is 14.3. The average Bonchev–Trinajstić information content (AvgIpc) is 2.67. The Balaban J connectivity index is 1.85. The maximum atomic E-state index is 14.5. The minimum absolute atomic E-state index is 0.130. The van der Waals surface area contributed by atoms with E-state index in [4.69, 9.17) is 4.74 Å². The highest BCUT2D eigenvalue weighted by Crippen LogP contribution is 2.30. The fourth-order valence-electron chi connectivity index (χ4n) is 2.71. The SMILES string of the molecule is CCCc1ccc(-c2ccc(OC(=O)c3ccccc3)c(F)c2F)cc1. The maximum absolute atomic E-state index is 14.5. The van der Waals surface area contributed by atoms with E-state index in [2.05, 4.69) is 6.92 Å². The van der Waals surface area contributed by atoms with Gasteiger partial charge < -0.3 is 4.74 Å². The normalized spacial score (nSPS) is 10.6. The molecule has 4 heteroatoms. The smallest absolute Gasteiger partial charge is 0.343 e. The van der Waals surface area contributed by atoms with Gasteiger partial charge >= 0.3 is 5.97 Å². The molecule has 0 bridgehead atoms. The van der Waals surface area contributed by atoms with E-state index in [1.165, 1.54) is 12.1 Å². The van der Waals surface area contributed by atoms with Crippen molar-refractivity contribution in [1.82, 2.24) is 0 Å². The number of aryl methyl sites for hydroxylation is 1. The molecular formula is C22H18F2O2. The summed E-state index contributed by atoms with van der Waals surface area (Å²) in [7, 11) is 0. The second-order valence-corrected chi connectivity index (χ2v) is 5.94. The van der Waals surface area contributed by atoms with E-state index in [1.54, 1.807) is 42.5 Å². The van der Waals surface area contributed by atoms with Crippen LogP contribution in [-0.4, -0.2) is 5.97 Å². The standard InChI is InChI=1S/C22H18F2O2/c1-2-6-15-9-11-16(12-10-15)18-13-14-19(21(24)20(18)23)26-22(25)17-7-4-3-5-8-17/h3-5,7-14H,2,6H2,1H3. The van der Waals surface area contributed by atoms with Crippen LogP contribution in [0.1, 0.15) is 29.3 Å². The van der Waals surface area contributed by atoms with Crippen molar-refractivity contribution in [1.29, 1.82) is 0 Å². The highest BCUT2D eigenvalue weighted by molar-refractivity contribution is 5.91. The van der Waals surface area contributed by atoms with Crippen molar-refractivity contribution in [2.45, 2.75) is 19.8 Å². The molecule has 3 rings (SSSR count). The van der Waals surface area contributed by atoms with E-state index in [0.717, 1.165) is 18.4 Å². The predicted octanol–water partition coefficient (Wildman–Crippen LogP) is 5.80. The minimum atomic E-state index is -1.18. The van der Waals surface area contributed by atoms with Crippen molar-refractivity contribution in [3.63, 3.8) is 0 Å². The van der Waals surface area contributed by atoms with Crippen molar-refractivity contribution in [2.75, 3.05) is 0 Å². The zero-order chi connectivity index (χ0) is 18.5. The van der Waals surface area contributed by atoms with E-state index < -0.39 is 23.4 Å². The van der Waals surface area contributed by atoms with Crippen LogP contribution in [0.5, 0.6) is 5.75 Å². The first kappa shape index (κ1) is 17.8. The Morgan fingerprint density at radius 3 is 2.23 bits per heavy atom. The molecule has 3 aromatic rings. The first-order valence-corrected chi connectivity index (χ1v) is 8.44. The lowest BCUT2D eigenvalue weighted by Gasteiger charge is -2.10. The average molecular weight is 352 g/mol. The van der Waals surface area contributed by atoms with Gasteiger partial charge in [-0.2, -0.15) is 4.39 Å². The quantitative estimate of drug-likeness (QED) is 0.428. The molecule has 0 aliphatic rings. The van der Waals surface area contributed by atoms with Crippen LogP contribution < -0.4 is 4.74 Å². The van der Waals surface area contributed by atoms with Crippen LogP contribution in [0.4, 0.5) is 8.78 Å². The van der Waals surface area contributed by atoms with Gasteiger partial charge in [0.25, 0.3) is 0 Å². The van der Waals surface area contributed by atoms with Gasteiger partial charge in [-0.3, -0.25) is 0 Å². The number of hydrogen-bond donors (Lipinski definition) is 0. The molecule has 0 atom stereocenters. The largest absolute Gasteiger partial charge is 0.420 e. The van der Waals surface area contributed by atoms with Gasteiger partial charge in [-0.1, -0.05) is 55.8 Å². The topological polar surface area (TPSA) is 26.3 Å². The number of ether oxygens (including phenoxy) is 1. The summed E-state index contributed by atoms with van der Waals surface area (Å²) in [5, 5.41) is 0. The summed E-state index contributed by atoms with van der Waals surface area (Å²) in [4.78, 5) is 12.0. The number of carbonyl (C=O) groups excluding carboxylic acids is 1. The lowest BCUT2D eigenvalue weighted by Crippen LogP contribution is -2.10. The van der Waals surface area contributed by atoms with Gasteiger partial charge in [-0.05, 0) is 41.8 Å². The molecule has 0 heterocycles. The predicted molar refractivity (Wildman–Crippen MR) is 97.2 cm³/mol. The minimum Gasteiger partial charge on any atom is -0.420 e. The van der Waals surface area contributed by atoms with Crippen molar-refractivity contribution in [2.24, 2.45) is 0 Å². The van der Waals surface area contributed by atoms with Crippen molar-refractivity contribution in [3.8, 4) is 16.9 Å². The molecule has 0 aliphatic heterocycles. The first-order valence-electron chi connectivity index (χ1n) is 8.44. The Morgan fingerprint density at radius 2 is 1.58 bits per heavy atom. The summed E-state index contributed by atoms with van der Waals surface area (Å²) in [6, 6.07) is 18.2. The molecular weight excluding hydrogens is 334 g/mol. The molecule has 0 radical (unpaired) electrons. The van der Waals surface area contributed by atoms with Crippen LogP contribution in [0.3, 0.4) is 0 Å². The van der Waals surface area contributed by atoms with Gasteiger partial charge in [0.05, 0.1) is 5.56 Å². The second-order valence-electron chi connectivity index (χ2n) is 5.94. The Hall–Kier alpha value is -3.01. The third-order valence-corrected chi connectivity index (χ3v) is 4.06. The summed E-state index contributed by atoms with van der Waals surface area (Å²) in [5.41, 5.74) is 2.11. The summed E-state index contributed by atoms with van der Waals surface area (Å²) >= 11 is 0. The summed E-state index contributed by atoms with van der Waals surface area (Å²) in [6.45, 7) is 2.08. The molecule has 0 spiro atoms. The van der Waals surface area contributed by atoms with Crippen LogP contribution >= 0.6 is 0 Å². The fraction of sp³-hybridized carbons (Fsp3) is 0.136. The molecule has 3 aromatic carbocycles. The van der Waals surface area contributed by atoms with Crippen LogP contribution in [0.2, 0.25) is 0 Å². The molecule has 0 saturated carbocycles. The number of halogens is 2. The van der Waals surface area contributed by atoms with Crippen molar-refractivity contribution < 1.29 is 18.3 Å². The molecule has 0 fully saturated rings. The van der Waals surface area contributed by atoms with E-state index in [0.29, 0.717) is 5.56 Å². The van der Waals surface area contributed by atoms with Gasteiger partial charge in [0.15, 0.2) is 11.6 Å². The maximum Gasteiger partial charge on any atom is 0.343 e. The molecule has 0 amide bonds.